The first-order valence-corrected chi connectivity index (χ1v) is 13.0. The van der Waals surface area contributed by atoms with E-state index in [2.05, 4.69) is 59.2 Å². The Balaban J connectivity index is -0.000000293. The lowest BCUT2D eigenvalue weighted by atomic mass is 9.64. The van der Waals surface area contributed by atoms with Gasteiger partial charge in [0.15, 0.2) is 0 Å². The third-order valence-corrected chi connectivity index (χ3v) is 6.78. The fourth-order valence-corrected chi connectivity index (χ4v) is 5.20. The quantitative estimate of drug-likeness (QED) is 0.366. The number of fused-ring (bicyclic) bond motifs is 1. The first kappa shape index (κ1) is 37.2. The van der Waals surface area contributed by atoms with Gasteiger partial charge in [0.1, 0.15) is 0 Å². The lowest BCUT2D eigenvalue weighted by molar-refractivity contribution is 0.147. The van der Waals surface area contributed by atoms with E-state index in [9.17, 15) is 0 Å². The molecule has 31 heavy (non-hydrogen) atoms. The topological polar surface area (TPSA) is 31.5 Å². The monoisotopic (exact) mass is 436 g/mol. The van der Waals surface area contributed by atoms with E-state index in [1.54, 1.807) is 11.1 Å². The van der Waals surface area contributed by atoms with Gasteiger partial charge in [-0.1, -0.05) is 92.0 Å². The van der Waals surface area contributed by atoms with Crippen molar-refractivity contribution in [3.63, 3.8) is 0 Å². The summed E-state index contributed by atoms with van der Waals surface area (Å²) in [7, 11) is 0. The molecule has 0 saturated heterocycles. The SMILES string of the molecule is C=C.C=C.CC.CC.CC.CC1CCC/C(=C/C=C2\CCCC3(C)C(C)CCC23)C1.O. The van der Waals surface area contributed by atoms with Crippen molar-refractivity contribution in [1.82, 2.24) is 0 Å². The third kappa shape index (κ3) is 11.9. The molecule has 3 aliphatic rings. The maximum absolute atomic E-state index is 3.00. The molecule has 0 aromatic heterocycles. The van der Waals surface area contributed by atoms with E-state index in [4.69, 9.17) is 0 Å². The maximum Gasteiger partial charge on any atom is -0.0143 e. The number of allylic oxidation sites excluding steroid dienone is 4. The van der Waals surface area contributed by atoms with Gasteiger partial charge in [0.2, 0.25) is 0 Å². The van der Waals surface area contributed by atoms with E-state index in [-0.39, 0.29) is 5.48 Å². The summed E-state index contributed by atoms with van der Waals surface area (Å²) in [5.74, 6) is 2.74. The van der Waals surface area contributed by atoms with Gasteiger partial charge in [0, 0.05) is 0 Å². The van der Waals surface area contributed by atoms with Crippen LogP contribution in [0.4, 0.5) is 0 Å². The molecule has 2 N–H and O–H groups in total. The Morgan fingerprint density at radius 2 is 1.32 bits per heavy atom. The molecule has 0 aromatic carbocycles. The molecule has 0 radical (unpaired) electrons. The summed E-state index contributed by atoms with van der Waals surface area (Å²) in [6.45, 7) is 31.5. The van der Waals surface area contributed by atoms with E-state index in [1.165, 1.54) is 57.8 Å². The lowest BCUT2D eigenvalue weighted by Gasteiger charge is -2.41. The Bertz CT molecular complexity index is 445. The van der Waals surface area contributed by atoms with Crippen molar-refractivity contribution in [2.75, 3.05) is 0 Å². The Morgan fingerprint density at radius 3 is 1.84 bits per heavy atom. The molecule has 0 spiro atoms. The summed E-state index contributed by atoms with van der Waals surface area (Å²) >= 11 is 0. The molecule has 1 heteroatoms. The van der Waals surface area contributed by atoms with Crippen LogP contribution in [0.2, 0.25) is 0 Å². The Kier molecular flexibility index (Phi) is 28.3. The average Bonchev–Trinajstić information content (AvgIpc) is 3.14. The number of hydrogen-bond acceptors (Lipinski definition) is 0. The van der Waals surface area contributed by atoms with E-state index >= 15 is 0 Å². The molecule has 3 fully saturated rings. The second-order valence-corrected chi connectivity index (χ2v) is 8.16. The van der Waals surface area contributed by atoms with Crippen molar-refractivity contribution < 1.29 is 5.48 Å². The Morgan fingerprint density at radius 1 is 0.774 bits per heavy atom. The number of rotatable bonds is 1. The minimum Gasteiger partial charge on any atom is -0.412 e. The Hall–Kier alpha value is -1.08. The molecule has 3 aliphatic carbocycles. The van der Waals surface area contributed by atoms with E-state index < -0.39 is 0 Å². The standard InChI is InChI=1S/C20H32.3C2H6.2C2H4.H2O/c1-15-6-4-7-17(14-15)10-11-18-8-5-13-20(3)16(2)9-12-19(18)20;5*1-2;/h10-11,15-16,19H,4-9,12-14H2,1-3H3;3*1-2H3;2*1-2H2;1H2/b17-10-,18-11+;;;;;;. The molecule has 0 bridgehead atoms. The fraction of sp³-hybridized carbons (Fsp3) is 0.733. The second-order valence-electron chi connectivity index (χ2n) is 8.16. The molecule has 3 rings (SSSR count). The molecule has 3 saturated carbocycles. The molecule has 4 unspecified atom stereocenters. The van der Waals surface area contributed by atoms with Gasteiger partial charge in [-0.05, 0) is 74.5 Å². The van der Waals surface area contributed by atoms with Crippen molar-refractivity contribution in [3.8, 4) is 0 Å². The maximum atomic E-state index is 3.00. The van der Waals surface area contributed by atoms with Gasteiger partial charge in [-0.25, -0.2) is 0 Å². The van der Waals surface area contributed by atoms with Crippen LogP contribution in [0.25, 0.3) is 0 Å². The van der Waals surface area contributed by atoms with Gasteiger partial charge >= 0.3 is 0 Å². The summed E-state index contributed by atoms with van der Waals surface area (Å²) in [4.78, 5) is 0. The van der Waals surface area contributed by atoms with Crippen LogP contribution in [-0.2, 0) is 0 Å². The van der Waals surface area contributed by atoms with Crippen LogP contribution in [0.15, 0.2) is 49.6 Å². The molecule has 0 amide bonds. The van der Waals surface area contributed by atoms with E-state index in [0.717, 1.165) is 17.8 Å². The van der Waals surface area contributed by atoms with Crippen molar-refractivity contribution in [1.29, 1.82) is 0 Å². The zero-order valence-electron chi connectivity index (χ0n) is 23.1. The van der Waals surface area contributed by atoms with Gasteiger partial charge in [-0.3, -0.25) is 0 Å². The zero-order chi connectivity index (χ0) is 24.2. The highest BCUT2D eigenvalue weighted by atomic mass is 16.0. The van der Waals surface area contributed by atoms with Gasteiger partial charge in [-0.15, -0.1) is 26.3 Å². The van der Waals surface area contributed by atoms with Crippen molar-refractivity contribution in [2.45, 2.75) is 120 Å². The molecule has 0 aliphatic heterocycles. The van der Waals surface area contributed by atoms with Crippen LogP contribution in [0, 0.1) is 23.2 Å². The van der Waals surface area contributed by atoms with Gasteiger partial charge in [0.25, 0.3) is 0 Å². The van der Waals surface area contributed by atoms with Crippen LogP contribution in [-0.4, -0.2) is 5.48 Å². The van der Waals surface area contributed by atoms with Crippen LogP contribution in [0.5, 0.6) is 0 Å². The van der Waals surface area contributed by atoms with Crippen LogP contribution in [0.1, 0.15) is 120 Å². The highest BCUT2D eigenvalue weighted by molar-refractivity contribution is 5.25. The van der Waals surface area contributed by atoms with E-state index in [0.29, 0.717) is 5.41 Å². The summed E-state index contributed by atoms with van der Waals surface area (Å²) < 4.78 is 0. The fourth-order valence-electron chi connectivity index (χ4n) is 5.20. The van der Waals surface area contributed by atoms with E-state index in [1.807, 2.05) is 41.5 Å². The minimum absolute atomic E-state index is 0. The summed E-state index contributed by atoms with van der Waals surface area (Å²) in [5, 5.41) is 0. The van der Waals surface area contributed by atoms with Crippen LogP contribution < -0.4 is 0 Å². The molecule has 0 heterocycles. The van der Waals surface area contributed by atoms with Crippen molar-refractivity contribution in [3.05, 3.63) is 49.6 Å². The smallest absolute Gasteiger partial charge is 0.0143 e. The lowest BCUT2D eigenvalue weighted by Crippen LogP contribution is -2.31. The van der Waals surface area contributed by atoms with Crippen LogP contribution >= 0.6 is 0 Å². The third-order valence-electron chi connectivity index (χ3n) is 6.78. The molecular formula is C30H60O. The average molecular weight is 437 g/mol. The minimum atomic E-state index is 0. The highest BCUT2D eigenvalue weighted by Crippen LogP contribution is 2.57. The predicted molar refractivity (Wildman–Crippen MR) is 148 cm³/mol. The van der Waals surface area contributed by atoms with Crippen molar-refractivity contribution >= 4 is 0 Å². The molecular weight excluding hydrogens is 376 g/mol. The zero-order valence-corrected chi connectivity index (χ0v) is 23.1. The summed E-state index contributed by atoms with van der Waals surface area (Å²) in [5.41, 5.74) is 4.12. The van der Waals surface area contributed by atoms with Crippen LogP contribution in [0.3, 0.4) is 0 Å². The highest BCUT2D eigenvalue weighted by Gasteiger charge is 2.46. The predicted octanol–water partition coefficient (Wildman–Crippen LogP) is 10.1. The molecule has 186 valence electrons. The van der Waals surface area contributed by atoms with Gasteiger partial charge < -0.3 is 5.48 Å². The molecule has 1 nitrogen and oxygen atoms in total. The second kappa shape index (κ2) is 23.6. The largest absolute Gasteiger partial charge is 0.412 e. The summed E-state index contributed by atoms with van der Waals surface area (Å²) in [6.07, 6.45) is 17.8. The first-order chi connectivity index (χ1) is 14.6. The van der Waals surface area contributed by atoms with Crippen molar-refractivity contribution in [2.24, 2.45) is 23.2 Å². The first-order valence-electron chi connectivity index (χ1n) is 13.0. The molecule has 0 aromatic rings. The number of hydrogen-bond donors (Lipinski definition) is 0. The Labute approximate surface area is 198 Å². The van der Waals surface area contributed by atoms with Gasteiger partial charge in [-0.2, -0.15) is 0 Å². The normalized spacial score (nSPS) is 30.4. The molecule has 4 atom stereocenters. The summed E-state index contributed by atoms with van der Waals surface area (Å²) in [6, 6.07) is 0. The van der Waals surface area contributed by atoms with Gasteiger partial charge in [0.05, 0.1) is 0 Å².